The fourth-order valence-corrected chi connectivity index (χ4v) is 4.23. The summed E-state index contributed by atoms with van der Waals surface area (Å²) < 4.78 is 6.25. The average molecular weight is 280 g/mol. The maximum absolute atomic E-state index is 6.25. The highest BCUT2D eigenvalue weighted by molar-refractivity contribution is 6.30. The molecule has 2 N–H and O–H groups in total. The molecule has 1 aromatic rings. The van der Waals surface area contributed by atoms with E-state index in [1.165, 1.54) is 12.8 Å². The van der Waals surface area contributed by atoms with Crippen LogP contribution in [0.15, 0.2) is 18.2 Å². The molecule has 1 aromatic carbocycles. The van der Waals surface area contributed by atoms with E-state index in [9.17, 15) is 0 Å². The SMILES string of the molecule is CC1(C)C2CCC1(C)C(Oc1cc(Cl)ccc1N)C2. The summed E-state index contributed by atoms with van der Waals surface area (Å²) in [5.41, 5.74) is 7.26. The van der Waals surface area contributed by atoms with Gasteiger partial charge in [-0.15, -0.1) is 0 Å². The van der Waals surface area contributed by atoms with Gasteiger partial charge in [0.1, 0.15) is 11.9 Å². The third-order valence-corrected chi connectivity index (χ3v) is 6.19. The van der Waals surface area contributed by atoms with Crippen molar-refractivity contribution in [2.24, 2.45) is 16.7 Å². The quantitative estimate of drug-likeness (QED) is 0.808. The van der Waals surface area contributed by atoms with E-state index in [1.807, 2.05) is 12.1 Å². The molecular formula is C16H22ClNO. The summed E-state index contributed by atoms with van der Waals surface area (Å²) >= 11 is 6.04. The number of halogens is 1. The smallest absolute Gasteiger partial charge is 0.144 e. The number of nitrogens with two attached hydrogens (primary N) is 1. The lowest BCUT2D eigenvalue weighted by Crippen LogP contribution is -2.39. The summed E-state index contributed by atoms with van der Waals surface area (Å²) in [6.45, 7) is 7.14. The minimum Gasteiger partial charge on any atom is -0.488 e. The second kappa shape index (κ2) is 4.05. The Morgan fingerprint density at radius 3 is 2.63 bits per heavy atom. The number of hydrogen-bond acceptors (Lipinski definition) is 2. The van der Waals surface area contributed by atoms with Crippen LogP contribution >= 0.6 is 11.6 Å². The number of anilines is 1. The van der Waals surface area contributed by atoms with Gasteiger partial charge in [-0.3, -0.25) is 0 Å². The molecule has 2 bridgehead atoms. The maximum atomic E-state index is 6.25. The topological polar surface area (TPSA) is 35.2 Å². The van der Waals surface area contributed by atoms with Crippen molar-refractivity contribution in [3.8, 4) is 5.75 Å². The third kappa shape index (κ3) is 1.76. The van der Waals surface area contributed by atoms with E-state index in [-0.39, 0.29) is 11.5 Å². The zero-order chi connectivity index (χ0) is 13.8. The van der Waals surface area contributed by atoms with Crippen molar-refractivity contribution in [1.82, 2.24) is 0 Å². The number of benzene rings is 1. The first-order valence-corrected chi connectivity index (χ1v) is 7.44. The Hall–Kier alpha value is -0.890. The Bertz CT molecular complexity index is 513. The second-order valence-electron chi connectivity index (χ2n) is 6.90. The minimum absolute atomic E-state index is 0.242. The van der Waals surface area contributed by atoms with E-state index in [0.717, 1.165) is 18.1 Å². The fourth-order valence-electron chi connectivity index (χ4n) is 4.07. The normalized spacial score (nSPS) is 35.6. The summed E-state index contributed by atoms with van der Waals surface area (Å²) in [7, 11) is 0. The molecule has 3 heteroatoms. The van der Waals surface area contributed by atoms with Crippen molar-refractivity contribution in [2.75, 3.05) is 5.73 Å². The number of nitrogen functional groups attached to an aromatic ring is 1. The molecule has 0 saturated heterocycles. The standard InChI is InChI=1S/C16H22ClNO/c1-15(2)10-6-7-16(15,3)14(8-10)19-13-9-11(17)4-5-12(13)18/h4-5,9-10,14H,6-8,18H2,1-3H3. The van der Waals surface area contributed by atoms with Gasteiger partial charge in [-0.25, -0.2) is 0 Å². The van der Waals surface area contributed by atoms with E-state index in [0.29, 0.717) is 16.1 Å². The van der Waals surface area contributed by atoms with Crippen LogP contribution in [0.1, 0.15) is 40.0 Å². The molecule has 3 rings (SSSR count). The number of hydrogen-bond donors (Lipinski definition) is 1. The Morgan fingerprint density at radius 1 is 1.32 bits per heavy atom. The molecule has 0 amide bonds. The Labute approximate surface area is 120 Å². The molecular weight excluding hydrogens is 258 g/mol. The lowest BCUT2D eigenvalue weighted by Gasteiger charge is -2.39. The lowest BCUT2D eigenvalue weighted by atomic mass is 9.70. The molecule has 2 nitrogen and oxygen atoms in total. The van der Waals surface area contributed by atoms with Gasteiger partial charge in [0.15, 0.2) is 0 Å². The summed E-state index contributed by atoms with van der Waals surface area (Å²) in [4.78, 5) is 0. The van der Waals surface area contributed by atoms with Gasteiger partial charge < -0.3 is 10.5 Å². The molecule has 2 aliphatic carbocycles. The number of fused-ring (bicyclic) bond motifs is 2. The van der Waals surface area contributed by atoms with Crippen molar-refractivity contribution in [2.45, 2.75) is 46.1 Å². The van der Waals surface area contributed by atoms with Crippen molar-refractivity contribution in [3.63, 3.8) is 0 Å². The fraction of sp³-hybridized carbons (Fsp3) is 0.625. The van der Waals surface area contributed by atoms with Crippen molar-refractivity contribution < 1.29 is 4.74 Å². The van der Waals surface area contributed by atoms with Crippen LogP contribution in [-0.4, -0.2) is 6.10 Å². The van der Waals surface area contributed by atoms with Gasteiger partial charge in [-0.2, -0.15) is 0 Å². The molecule has 2 aliphatic rings. The van der Waals surface area contributed by atoms with Gasteiger partial charge in [-0.1, -0.05) is 32.4 Å². The van der Waals surface area contributed by atoms with Crippen LogP contribution in [0, 0.1) is 16.7 Å². The first-order valence-electron chi connectivity index (χ1n) is 7.06. The molecule has 2 fully saturated rings. The van der Waals surface area contributed by atoms with Crippen molar-refractivity contribution in [1.29, 1.82) is 0 Å². The van der Waals surface area contributed by atoms with E-state index < -0.39 is 0 Å². The molecule has 0 aromatic heterocycles. The van der Waals surface area contributed by atoms with Crippen LogP contribution in [-0.2, 0) is 0 Å². The Balaban J connectivity index is 1.88. The minimum atomic E-state index is 0.242. The van der Waals surface area contributed by atoms with Gasteiger partial charge in [0.05, 0.1) is 5.69 Å². The first kappa shape index (κ1) is 13.1. The van der Waals surface area contributed by atoms with Crippen LogP contribution in [0.3, 0.4) is 0 Å². The van der Waals surface area contributed by atoms with Crippen LogP contribution < -0.4 is 10.5 Å². The van der Waals surface area contributed by atoms with Gasteiger partial charge in [0, 0.05) is 16.5 Å². The summed E-state index contributed by atoms with van der Waals surface area (Å²) in [6.07, 6.45) is 3.96. The molecule has 0 radical (unpaired) electrons. The summed E-state index contributed by atoms with van der Waals surface area (Å²) in [5.74, 6) is 1.50. The molecule has 0 spiro atoms. The predicted octanol–water partition coefficient (Wildman–Crippen LogP) is 4.52. The predicted molar refractivity (Wildman–Crippen MR) is 79.5 cm³/mol. The van der Waals surface area contributed by atoms with Crippen LogP contribution in [0.25, 0.3) is 0 Å². The Morgan fingerprint density at radius 2 is 2.05 bits per heavy atom. The van der Waals surface area contributed by atoms with E-state index in [1.54, 1.807) is 6.07 Å². The number of ether oxygens (including phenoxy) is 1. The van der Waals surface area contributed by atoms with Crippen LogP contribution in [0.2, 0.25) is 5.02 Å². The highest BCUT2D eigenvalue weighted by atomic mass is 35.5. The molecule has 0 aliphatic heterocycles. The van der Waals surface area contributed by atoms with Gasteiger partial charge in [-0.05, 0) is 42.7 Å². The zero-order valence-electron chi connectivity index (χ0n) is 11.9. The maximum Gasteiger partial charge on any atom is 0.144 e. The monoisotopic (exact) mass is 279 g/mol. The average Bonchev–Trinajstić information content (AvgIpc) is 2.67. The van der Waals surface area contributed by atoms with Crippen molar-refractivity contribution >= 4 is 17.3 Å². The first-order chi connectivity index (χ1) is 8.84. The highest BCUT2D eigenvalue weighted by Gasteiger charge is 2.62. The van der Waals surface area contributed by atoms with Crippen LogP contribution in [0.4, 0.5) is 5.69 Å². The zero-order valence-corrected chi connectivity index (χ0v) is 12.6. The van der Waals surface area contributed by atoms with E-state index in [2.05, 4.69) is 20.8 Å². The molecule has 3 unspecified atom stereocenters. The molecule has 0 heterocycles. The molecule has 3 atom stereocenters. The largest absolute Gasteiger partial charge is 0.488 e. The summed E-state index contributed by atoms with van der Waals surface area (Å²) in [6, 6.07) is 5.45. The Kier molecular flexibility index (Phi) is 2.79. The third-order valence-electron chi connectivity index (χ3n) is 5.96. The van der Waals surface area contributed by atoms with Crippen molar-refractivity contribution in [3.05, 3.63) is 23.2 Å². The van der Waals surface area contributed by atoms with Crippen LogP contribution in [0.5, 0.6) is 5.75 Å². The molecule has 104 valence electrons. The highest BCUT2D eigenvalue weighted by Crippen LogP contribution is 2.66. The van der Waals surface area contributed by atoms with Gasteiger partial charge in [0.2, 0.25) is 0 Å². The molecule has 2 saturated carbocycles. The summed E-state index contributed by atoms with van der Waals surface area (Å²) in [5, 5.41) is 0.678. The van der Waals surface area contributed by atoms with E-state index in [4.69, 9.17) is 22.1 Å². The van der Waals surface area contributed by atoms with Gasteiger partial charge in [0.25, 0.3) is 0 Å². The lowest BCUT2D eigenvalue weighted by molar-refractivity contribution is 0.0306. The number of rotatable bonds is 2. The molecule has 19 heavy (non-hydrogen) atoms. The van der Waals surface area contributed by atoms with E-state index >= 15 is 0 Å². The van der Waals surface area contributed by atoms with Gasteiger partial charge >= 0.3 is 0 Å². The second-order valence-corrected chi connectivity index (χ2v) is 7.34.